The third-order valence-electron chi connectivity index (χ3n) is 5.23. The Balaban J connectivity index is 1.93. The fourth-order valence-electron chi connectivity index (χ4n) is 3.39. The summed E-state index contributed by atoms with van der Waals surface area (Å²) < 4.78 is 0. The van der Waals surface area contributed by atoms with Crippen LogP contribution in [0, 0.1) is 28.6 Å². The standard InChI is InChI=1S/C23H30N6O4S/c1-4-29-19(12-15(14-25)20(30)27-11-9-24)34-18(21(29)31)8-10-26-16-6-5-7-17(13-16)28-22(32)23(2,3)33/h5-7,13,15,18-19,26,33H,4,8,10-12H2,1-3H3,(H,27,30)(H,28,32). The first-order valence-electron chi connectivity index (χ1n) is 11.0. The van der Waals surface area contributed by atoms with Crippen molar-refractivity contribution in [1.82, 2.24) is 10.2 Å². The monoisotopic (exact) mass is 486 g/mol. The van der Waals surface area contributed by atoms with Crippen LogP contribution in [-0.2, 0) is 14.4 Å². The number of benzene rings is 1. The van der Waals surface area contributed by atoms with Crippen molar-refractivity contribution in [2.75, 3.05) is 30.3 Å². The Labute approximate surface area is 203 Å². The lowest BCUT2D eigenvalue weighted by atomic mass is 10.1. The number of thioether (sulfide) groups is 1. The molecule has 1 aliphatic heterocycles. The van der Waals surface area contributed by atoms with Gasteiger partial charge in [-0.25, -0.2) is 0 Å². The zero-order valence-corrected chi connectivity index (χ0v) is 20.3. The van der Waals surface area contributed by atoms with Crippen molar-refractivity contribution in [2.24, 2.45) is 5.92 Å². The number of aliphatic hydroxyl groups is 1. The highest BCUT2D eigenvalue weighted by Gasteiger charge is 2.40. The quantitative estimate of drug-likeness (QED) is 0.344. The van der Waals surface area contributed by atoms with Gasteiger partial charge in [-0.2, -0.15) is 10.5 Å². The lowest BCUT2D eigenvalue weighted by Crippen LogP contribution is -2.38. The lowest BCUT2D eigenvalue weighted by molar-refractivity contribution is -0.131. The van der Waals surface area contributed by atoms with Gasteiger partial charge in [-0.3, -0.25) is 14.4 Å². The fourth-order valence-corrected chi connectivity index (χ4v) is 4.98. The molecule has 0 aromatic heterocycles. The zero-order valence-electron chi connectivity index (χ0n) is 19.5. The van der Waals surface area contributed by atoms with Crippen LogP contribution >= 0.6 is 11.8 Å². The highest BCUT2D eigenvalue weighted by atomic mass is 32.2. The molecule has 3 atom stereocenters. The summed E-state index contributed by atoms with van der Waals surface area (Å²) in [4.78, 5) is 38.6. The topological polar surface area (TPSA) is 158 Å². The van der Waals surface area contributed by atoms with Gasteiger partial charge in [0.2, 0.25) is 11.8 Å². The number of nitrogens with one attached hydrogen (secondary N) is 3. The molecule has 0 aliphatic carbocycles. The minimum absolute atomic E-state index is 0.0281. The number of amides is 3. The first-order chi connectivity index (χ1) is 16.1. The third-order valence-corrected chi connectivity index (χ3v) is 6.76. The Morgan fingerprint density at radius 2 is 2.00 bits per heavy atom. The van der Waals surface area contributed by atoms with Gasteiger partial charge < -0.3 is 26.0 Å². The van der Waals surface area contributed by atoms with E-state index >= 15 is 0 Å². The van der Waals surface area contributed by atoms with Crippen LogP contribution in [0.4, 0.5) is 11.4 Å². The number of carbonyl (C=O) groups is 3. The van der Waals surface area contributed by atoms with Crippen LogP contribution in [0.25, 0.3) is 0 Å². The van der Waals surface area contributed by atoms with Crippen molar-refractivity contribution in [3.8, 4) is 12.1 Å². The van der Waals surface area contributed by atoms with Gasteiger partial charge in [-0.15, -0.1) is 11.8 Å². The third kappa shape index (κ3) is 7.37. The predicted octanol–water partition coefficient (Wildman–Crippen LogP) is 1.66. The van der Waals surface area contributed by atoms with E-state index in [0.717, 1.165) is 5.69 Å². The molecule has 4 N–H and O–H groups in total. The van der Waals surface area contributed by atoms with Gasteiger partial charge in [0.15, 0.2) is 0 Å². The van der Waals surface area contributed by atoms with Crippen molar-refractivity contribution in [1.29, 1.82) is 10.5 Å². The number of hydrogen-bond acceptors (Lipinski definition) is 8. The molecule has 1 aromatic rings. The molecule has 10 nitrogen and oxygen atoms in total. The summed E-state index contributed by atoms with van der Waals surface area (Å²) in [6.45, 7) is 5.48. The molecule has 3 unspecified atom stereocenters. The van der Waals surface area contributed by atoms with Gasteiger partial charge in [0.25, 0.3) is 5.91 Å². The average Bonchev–Trinajstić information content (AvgIpc) is 3.09. The maximum atomic E-state index is 12.9. The van der Waals surface area contributed by atoms with Crippen LogP contribution in [0.15, 0.2) is 24.3 Å². The Morgan fingerprint density at radius 3 is 2.62 bits per heavy atom. The van der Waals surface area contributed by atoms with Gasteiger partial charge in [-0.1, -0.05) is 6.07 Å². The van der Waals surface area contributed by atoms with Crippen molar-refractivity contribution in [2.45, 2.75) is 49.8 Å². The summed E-state index contributed by atoms with van der Waals surface area (Å²) in [6.07, 6.45) is 0.736. The van der Waals surface area contributed by atoms with Gasteiger partial charge in [0, 0.05) is 30.9 Å². The van der Waals surface area contributed by atoms with E-state index < -0.39 is 23.3 Å². The van der Waals surface area contributed by atoms with Gasteiger partial charge in [0.1, 0.15) is 18.1 Å². The SMILES string of the molecule is CCN1C(=O)C(CCNc2cccc(NC(=O)C(C)(C)O)c2)SC1CC(C#N)C(=O)NCC#N. The second-order valence-electron chi connectivity index (χ2n) is 8.31. The predicted molar refractivity (Wildman–Crippen MR) is 129 cm³/mol. The van der Waals surface area contributed by atoms with Crippen molar-refractivity contribution in [3.05, 3.63) is 24.3 Å². The summed E-state index contributed by atoms with van der Waals surface area (Å²) in [6, 6.07) is 10.8. The molecule has 2 rings (SSSR count). The number of nitrogens with zero attached hydrogens (tertiary/aromatic N) is 3. The molecule has 3 amide bonds. The van der Waals surface area contributed by atoms with E-state index in [-0.39, 0.29) is 29.5 Å². The molecule has 0 spiro atoms. The highest BCUT2D eigenvalue weighted by Crippen LogP contribution is 2.37. The molecule has 1 aliphatic rings. The lowest BCUT2D eigenvalue weighted by Gasteiger charge is -2.23. The van der Waals surface area contributed by atoms with E-state index in [2.05, 4.69) is 16.0 Å². The summed E-state index contributed by atoms with van der Waals surface area (Å²) in [5.74, 6) is -1.99. The van der Waals surface area contributed by atoms with Crippen LogP contribution < -0.4 is 16.0 Å². The summed E-state index contributed by atoms with van der Waals surface area (Å²) in [5, 5.41) is 35.5. The summed E-state index contributed by atoms with van der Waals surface area (Å²) in [7, 11) is 0. The maximum Gasteiger partial charge on any atom is 0.255 e. The molecule has 182 valence electrons. The summed E-state index contributed by atoms with van der Waals surface area (Å²) in [5.41, 5.74) is -0.198. The second kappa shape index (κ2) is 12.3. The molecule has 1 saturated heterocycles. The zero-order chi connectivity index (χ0) is 25.3. The maximum absolute atomic E-state index is 12.9. The molecular weight excluding hydrogens is 456 g/mol. The van der Waals surface area contributed by atoms with E-state index in [9.17, 15) is 24.8 Å². The van der Waals surface area contributed by atoms with Crippen LogP contribution in [0.3, 0.4) is 0 Å². The average molecular weight is 487 g/mol. The van der Waals surface area contributed by atoms with Crippen molar-refractivity contribution in [3.63, 3.8) is 0 Å². The van der Waals surface area contributed by atoms with Crippen molar-refractivity contribution < 1.29 is 19.5 Å². The van der Waals surface area contributed by atoms with Crippen molar-refractivity contribution >= 4 is 40.9 Å². The van der Waals surface area contributed by atoms with Crippen LogP contribution in [0.5, 0.6) is 0 Å². The molecule has 0 bridgehead atoms. The Hall–Kier alpha value is -3.28. The van der Waals surface area contributed by atoms with E-state index in [1.807, 2.05) is 25.1 Å². The largest absolute Gasteiger partial charge is 0.385 e. The van der Waals surface area contributed by atoms with Gasteiger partial charge in [-0.05, 0) is 45.4 Å². The Bertz CT molecular complexity index is 981. The highest BCUT2D eigenvalue weighted by molar-refractivity contribution is 8.01. The fraction of sp³-hybridized carbons (Fsp3) is 0.522. The van der Waals surface area contributed by atoms with Crippen LogP contribution in [0.1, 0.15) is 33.6 Å². The molecule has 1 heterocycles. The minimum Gasteiger partial charge on any atom is -0.385 e. The van der Waals surface area contributed by atoms with E-state index in [1.54, 1.807) is 23.1 Å². The smallest absolute Gasteiger partial charge is 0.255 e. The molecular formula is C23H30N6O4S. The number of anilines is 2. The van der Waals surface area contributed by atoms with E-state index in [0.29, 0.717) is 25.2 Å². The number of rotatable bonds is 11. The Kier molecular flexibility index (Phi) is 9.72. The van der Waals surface area contributed by atoms with Gasteiger partial charge >= 0.3 is 0 Å². The minimum atomic E-state index is -1.49. The van der Waals surface area contributed by atoms with Gasteiger partial charge in [0.05, 0.1) is 22.8 Å². The number of carbonyl (C=O) groups excluding carboxylic acids is 3. The molecule has 1 fully saturated rings. The number of hydrogen-bond donors (Lipinski definition) is 4. The number of nitriles is 2. The van der Waals surface area contributed by atoms with E-state index in [4.69, 9.17) is 5.26 Å². The summed E-state index contributed by atoms with van der Waals surface area (Å²) >= 11 is 1.44. The van der Waals surface area contributed by atoms with Crippen LogP contribution in [0.2, 0.25) is 0 Å². The normalized spacial score (nSPS) is 18.5. The molecule has 1 aromatic carbocycles. The Morgan fingerprint density at radius 1 is 1.29 bits per heavy atom. The molecule has 11 heteroatoms. The molecule has 34 heavy (non-hydrogen) atoms. The van der Waals surface area contributed by atoms with Crippen LogP contribution in [-0.4, -0.2) is 63.6 Å². The first kappa shape index (κ1) is 27.0. The molecule has 0 radical (unpaired) electrons. The molecule has 0 saturated carbocycles. The second-order valence-corrected chi connectivity index (χ2v) is 9.69. The first-order valence-corrected chi connectivity index (χ1v) is 11.9. The van der Waals surface area contributed by atoms with E-state index in [1.165, 1.54) is 25.6 Å².